The van der Waals surface area contributed by atoms with Crippen molar-refractivity contribution in [3.05, 3.63) is 22.4 Å². The number of morpholine rings is 1. The van der Waals surface area contributed by atoms with Crippen LogP contribution in [-0.2, 0) is 4.74 Å². The van der Waals surface area contributed by atoms with Crippen LogP contribution in [0.15, 0.2) is 17.5 Å². The molecule has 1 aromatic heterocycles. The first-order chi connectivity index (χ1) is 9.99. The first kappa shape index (κ1) is 16.3. The zero-order valence-corrected chi connectivity index (χ0v) is 13.8. The number of urea groups is 1. The topological polar surface area (TPSA) is 53.6 Å². The van der Waals surface area contributed by atoms with Gasteiger partial charge in [0.2, 0.25) is 0 Å². The van der Waals surface area contributed by atoms with E-state index in [4.69, 9.17) is 4.74 Å². The van der Waals surface area contributed by atoms with Gasteiger partial charge in [-0.3, -0.25) is 4.90 Å². The summed E-state index contributed by atoms with van der Waals surface area (Å²) < 4.78 is 5.37. The van der Waals surface area contributed by atoms with Crippen LogP contribution in [0, 0.1) is 0 Å². The molecule has 0 spiro atoms. The highest BCUT2D eigenvalue weighted by molar-refractivity contribution is 7.10. The van der Waals surface area contributed by atoms with E-state index in [1.54, 1.807) is 11.3 Å². The van der Waals surface area contributed by atoms with Crippen LogP contribution in [0.25, 0.3) is 0 Å². The van der Waals surface area contributed by atoms with Gasteiger partial charge in [0.15, 0.2) is 0 Å². The van der Waals surface area contributed by atoms with Gasteiger partial charge in [-0.25, -0.2) is 4.79 Å². The van der Waals surface area contributed by atoms with E-state index in [1.165, 1.54) is 0 Å². The van der Waals surface area contributed by atoms with Gasteiger partial charge in [-0.1, -0.05) is 6.07 Å². The molecule has 118 valence electrons. The smallest absolute Gasteiger partial charge is 0.315 e. The van der Waals surface area contributed by atoms with E-state index < -0.39 is 0 Å². The molecule has 0 unspecified atom stereocenters. The van der Waals surface area contributed by atoms with Crippen molar-refractivity contribution in [3.63, 3.8) is 0 Å². The van der Waals surface area contributed by atoms with Gasteiger partial charge in [0.05, 0.1) is 19.3 Å². The predicted molar refractivity (Wildman–Crippen MR) is 85.7 cm³/mol. The lowest BCUT2D eigenvalue weighted by Gasteiger charge is -2.40. The zero-order chi connectivity index (χ0) is 15.3. The Hall–Kier alpha value is -1.11. The molecule has 1 aliphatic rings. The van der Waals surface area contributed by atoms with E-state index in [-0.39, 0.29) is 17.6 Å². The molecular weight excluding hydrogens is 286 g/mol. The Morgan fingerprint density at radius 1 is 1.48 bits per heavy atom. The molecule has 1 saturated heterocycles. The van der Waals surface area contributed by atoms with Crippen molar-refractivity contribution in [2.75, 3.05) is 32.8 Å². The third-order valence-corrected chi connectivity index (χ3v) is 4.92. The average Bonchev–Trinajstić information content (AvgIpc) is 3.00. The van der Waals surface area contributed by atoms with E-state index in [1.807, 2.05) is 24.4 Å². The van der Waals surface area contributed by atoms with E-state index in [0.717, 1.165) is 31.2 Å². The number of hydrogen-bond donors (Lipinski definition) is 2. The summed E-state index contributed by atoms with van der Waals surface area (Å²) in [7, 11) is 0. The molecule has 2 amide bonds. The second-order valence-corrected chi connectivity index (χ2v) is 6.96. The number of nitrogens with zero attached hydrogens (tertiary/aromatic N) is 1. The van der Waals surface area contributed by atoms with Crippen molar-refractivity contribution in [2.45, 2.75) is 32.4 Å². The molecule has 6 heteroatoms. The van der Waals surface area contributed by atoms with Crippen molar-refractivity contribution in [3.8, 4) is 0 Å². The number of ether oxygens (including phenoxy) is 1. The maximum Gasteiger partial charge on any atom is 0.315 e. The Labute approximate surface area is 130 Å². The first-order valence-electron chi connectivity index (χ1n) is 7.39. The molecule has 21 heavy (non-hydrogen) atoms. The van der Waals surface area contributed by atoms with Crippen LogP contribution >= 0.6 is 11.3 Å². The number of carbonyl (C=O) groups is 1. The SMILES string of the molecule is C[C@H](NC(=O)NCC(C)(C)N1CCOCC1)c1cccs1. The molecule has 0 radical (unpaired) electrons. The van der Waals surface area contributed by atoms with Crippen LogP contribution in [0.2, 0.25) is 0 Å². The van der Waals surface area contributed by atoms with Crippen LogP contribution in [-0.4, -0.2) is 49.3 Å². The fourth-order valence-corrected chi connectivity index (χ4v) is 3.17. The van der Waals surface area contributed by atoms with Crippen LogP contribution in [0.1, 0.15) is 31.7 Å². The second kappa shape index (κ2) is 7.24. The fraction of sp³-hybridized carbons (Fsp3) is 0.667. The highest BCUT2D eigenvalue weighted by Gasteiger charge is 2.28. The molecule has 0 saturated carbocycles. The zero-order valence-electron chi connectivity index (χ0n) is 13.0. The Bertz CT molecular complexity index is 442. The molecular formula is C15H25N3O2S. The summed E-state index contributed by atoms with van der Waals surface area (Å²) in [6, 6.07) is 3.96. The first-order valence-corrected chi connectivity index (χ1v) is 8.27. The second-order valence-electron chi connectivity index (χ2n) is 5.98. The highest BCUT2D eigenvalue weighted by atomic mass is 32.1. The summed E-state index contributed by atoms with van der Waals surface area (Å²) >= 11 is 1.65. The average molecular weight is 311 g/mol. The van der Waals surface area contributed by atoms with E-state index in [2.05, 4.69) is 29.4 Å². The molecule has 0 aliphatic carbocycles. The van der Waals surface area contributed by atoms with Gasteiger partial charge >= 0.3 is 6.03 Å². The molecule has 2 heterocycles. The van der Waals surface area contributed by atoms with E-state index in [9.17, 15) is 4.79 Å². The summed E-state index contributed by atoms with van der Waals surface area (Å²) in [4.78, 5) is 15.5. The Morgan fingerprint density at radius 2 is 2.19 bits per heavy atom. The van der Waals surface area contributed by atoms with E-state index in [0.29, 0.717) is 6.54 Å². The highest BCUT2D eigenvalue weighted by Crippen LogP contribution is 2.18. The molecule has 5 nitrogen and oxygen atoms in total. The predicted octanol–water partition coefficient (Wildman–Crippen LogP) is 2.22. The lowest BCUT2D eigenvalue weighted by molar-refractivity contribution is -0.00876. The fourth-order valence-electron chi connectivity index (χ4n) is 2.43. The Balaban J connectivity index is 1.77. The monoisotopic (exact) mass is 311 g/mol. The van der Waals surface area contributed by atoms with Crippen molar-refractivity contribution in [1.82, 2.24) is 15.5 Å². The third-order valence-electron chi connectivity index (χ3n) is 3.87. The molecule has 1 fully saturated rings. The lowest BCUT2D eigenvalue weighted by atomic mass is 10.0. The molecule has 0 aromatic carbocycles. The summed E-state index contributed by atoms with van der Waals surface area (Å²) in [6.45, 7) is 10.3. The Kier molecular flexibility index (Phi) is 5.61. The molecule has 2 rings (SSSR count). The quantitative estimate of drug-likeness (QED) is 0.877. The van der Waals surface area contributed by atoms with Crippen LogP contribution in [0.4, 0.5) is 4.79 Å². The number of carbonyl (C=O) groups excluding carboxylic acids is 1. The molecule has 1 aliphatic heterocycles. The minimum Gasteiger partial charge on any atom is -0.379 e. The number of rotatable bonds is 5. The molecule has 0 bridgehead atoms. The number of nitrogens with one attached hydrogen (secondary N) is 2. The lowest BCUT2D eigenvalue weighted by Crippen LogP contribution is -2.56. The summed E-state index contributed by atoms with van der Waals surface area (Å²) in [6.07, 6.45) is 0. The number of hydrogen-bond acceptors (Lipinski definition) is 4. The number of thiophene rings is 1. The summed E-state index contributed by atoms with van der Waals surface area (Å²) in [5.41, 5.74) is -0.0622. The normalized spacial score (nSPS) is 18.2. The van der Waals surface area contributed by atoms with Crippen molar-refractivity contribution < 1.29 is 9.53 Å². The van der Waals surface area contributed by atoms with Gasteiger partial charge in [0.1, 0.15) is 0 Å². The van der Waals surface area contributed by atoms with Gasteiger partial charge in [0.25, 0.3) is 0 Å². The van der Waals surface area contributed by atoms with Gasteiger partial charge in [-0.2, -0.15) is 0 Å². The van der Waals surface area contributed by atoms with Crippen LogP contribution < -0.4 is 10.6 Å². The third kappa shape index (κ3) is 4.69. The van der Waals surface area contributed by atoms with Gasteiger partial charge < -0.3 is 15.4 Å². The molecule has 1 aromatic rings. The summed E-state index contributed by atoms with van der Waals surface area (Å²) in [5, 5.41) is 7.98. The number of amides is 2. The maximum atomic E-state index is 12.0. The van der Waals surface area contributed by atoms with Crippen molar-refractivity contribution in [2.24, 2.45) is 0 Å². The van der Waals surface area contributed by atoms with E-state index >= 15 is 0 Å². The molecule has 1 atom stereocenters. The minimum atomic E-state index is -0.114. The van der Waals surface area contributed by atoms with Gasteiger partial charge in [-0.15, -0.1) is 11.3 Å². The van der Waals surface area contributed by atoms with Gasteiger partial charge in [0, 0.05) is 30.1 Å². The van der Waals surface area contributed by atoms with Crippen molar-refractivity contribution >= 4 is 17.4 Å². The largest absolute Gasteiger partial charge is 0.379 e. The Morgan fingerprint density at radius 3 is 2.81 bits per heavy atom. The van der Waals surface area contributed by atoms with Crippen molar-refractivity contribution in [1.29, 1.82) is 0 Å². The minimum absolute atomic E-state index is 0.0384. The molecule has 2 N–H and O–H groups in total. The van der Waals surface area contributed by atoms with Crippen LogP contribution in [0.5, 0.6) is 0 Å². The van der Waals surface area contributed by atoms with Crippen LogP contribution in [0.3, 0.4) is 0 Å². The van der Waals surface area contributed by atoms with Gasteiger partial charge in [-0.05, 0) is 32.2 Å². The standard InChI is InChI=1S/C15H25N3O2S/c1-12(13-5-4-10-21-13)17-14(19)16-11-15(2,3)18-6-8-20-9-7-18/h4-5,10,12H,6-9,11H2,1-3H3,(H2,16,17,19)/t12-/m0/s1. The summed E-state index contributed by atoms with van der Waals surface area (Å²) in [5.74, 6) is 0. The maximum absolute atomic E-state index is 12.0.